The van der Waals surface area contributed by atoms with E-state index in [1.54, 1.807) is 18.2 Å². The van der Waals surface area contributed by atoms with E-state index in [0.717, 1.165) is 5.56 Å². The third kappa shape index (κ3) is 6.78. The normalized spacial score (nSPS) is 11.1. The minimum absolute atomic E-state index is 0.00656. The Kier molecular flexibility index (Phi) is 7.79. The van der Waals surface area contributed by atoms with Crippen molar-refractivity contribution in [2.24, 2.45) is 0 Å². The first kappa shape index (κ1) is 19.9. The molecule has 0 heterocycles. The first-order valence-electron chi connectivity index (χ1n) is 8.56. The minimum atomic E-state index is -0.813. The summed E-state index contributed by atoms with van der Waals surface area (Å²) in [5.41, 5.74) is 1.23. The van der Waals surface area contributed by atoms with Gasteiger partial charge < -0.3 is 16.0 Å². The molecule has 2 rings (SSSR count). The van der Waals surface area contributed by atoms with E-state index < -0.39 is 17.9 Å². The number of urea groups is 1. The van der Waals surface area contributed by atoms with Crippen LogP contribution in [0.15, 0.2) is 54.6 Å². The van der Waals surface area contributed by atoms with Crippen LogP contribution in [-0.2, 0) is 17.8 Å². The van der Waals surface area contributed by atoms with E-state index in [0.29, 0.717) is 12.0 Å². The van der Waals surface area contributed by atoms with Gasteiger partial charge in [0.25, 0.3) is 0 Å². The highest BCUT2D eigenvalue weighted by molar-refractivity contribution is 5.87. The summed E-state index contributed by atoms with van der Waals surface area (Å²) >= 11 is 0. The van der Waals surface area contributed by atoms with E-state index in [1.165, 1.54) is 6.07 Å². The summed E-state index contributed by atoms with van der Waals surface area (Å²) in [7, 11) is 0. The van der Waals surface area contributed by atoms with Gasteiger partial charge in [0.2, 0.25) is 5.91 Å². The molecule has 0 saturated heterocycles. The lowest BCUT2D eigenvalue weighted by Gasteiger charge is -2.19. The Bertz CT molecular complexity index is 805. The fraction of sp³-hybridized carbons (Fsp3) is 0.250. The fourth-order valence-corrected chi connectivity index (χ4v) is 2.45. The lowest BCUT2D eigenvalue weighted by Crippen LogP contribution is -2.51. The van der Waals surface area contributed by atoms with Gasteiger partial charge in [-0.2, -0.15) is 5.26 Å². The Hall–Kier alpha value is -3.40. The molecular formula is C20H21FN4O2. The standard InChI is InChI=1S/C20H21FN4O2/c21-17-10-5-4-9-16(17)14-24-20(27)25-18(19(26)23-12-6-11-22)13-15-7-2-1-3-8-15/h1-5,7-10,18H,6,12-14H2,(H,23,26)(H2,24,25,27). The molecule has 2 aromatic carbocycles. The number of hydrogen-bond donors (Lipinski definition) is 3. The van der Waals surface area contributed by atoms with E-state index in [4.69, 9.17) is 5.26 Å². The number of amides is 3. The molecule has 0 aliphatic carbocycles. The van der Waals surface area contributed by atoms with E-state index in [2.05, 4.69) is 16.0 Å². The van der Waals surface area contributed by atoms with Gasteiger partial charge in [0.1, 0.15) is 11.9 Å². The van der Waals surface area contributed by atoms with Crippen molar-refractivity contribution in [1.29, 1.82) is 5.26 Å². The lowest BCUT2D eigenvalue weighted by molar-refractivity contribution is -0.122. The summed E-state index contributed by atoms with van der Waals surface area (Å²) in [6.07, 6.45) is 0.482. The van der Waals surface area contributed by atoms with Crippen molar-refractivity contribution in [3.05, 3.63) is 71.5 Å². The van der Waals surface area contributed by atoms with Gasteiger partial charge in [-0.1, -0.05) is 48.5 Å². The van der Waals surface area contributed by atoms with Crippen LogP contribution in [0.1, 0.15) is 17.5 Å². The maximum atomic E-state index is 13.6. The second kappa shape index (κ2) is 10.6. The summed E-state index contributed by atoms with van der Waals surface area (Å²) in [6, 6.07) is 16.0. The molecule has 6 nitrogen and oxygen atoms in total. The summed E-state index contributed by atoms with van der Waals surface area (Å²) in [5, 5.41) is 16.4. The van der Waals surface area contributed by atoms with Crippen LogP contribution in [0.5, 0.6) is 0 Å². The summed E-state index contributed by atoms with van der Waals surface area (Å²) in [6.45, 7) is 0.214. The van der Waals surface area contributed by atoms with Gasteiger partial charge in [-0.05, 0) is 11.6 Å². The number of rotatable bonds is 8. The van der Waals surface area contributed by atoms with E-state index >= 15 is 0 Å². The van der Waals surface area contributed by atoms with Crippen molar-refractivity contribution in [2.45, 2.75) is 25.4 Å². The summed E-state index contributed by atoms with van der Waals surface area (Å²) in [4.78, 5) is 24.5. The van der Waals surface area contributed by atoms with E-state index in [9.17, 15) is 14.0 Å². The van der Waals surface area contributed by atoms with E-state index in [-0.39, 0.29) is 25.4 Å². The van der Waals surface area contributed by atoms with Crippen LogP contribution in [0.2, 0.25) is 0 Å². The number of carbonyl (C=O) groups excluding carboxylic acids is 2. The molecule has 7 heteroatoms. The maximum Gasteiger partial charge on any atom is 0.315 e. The smallest absolute Gasteiger partial charge is 0.315 e. The zero-order valence-electron chi connectivity index (χ0n) is 14.7. The topological polar surface area (TPSA) is 94.0 Å². The van der Waals surface area contributed by atoms with Gasteiger partial charge in [-0.15, -0.1) is 0 Å². The fourth-order valence-electron chi connectivity index (χ4n) is 2.45. The van der Waals surface area contributed by atoms with Gasteiger partial charge in [0.15, 0.2) is 0 Å². The molecule has 140 valence electrons. The third-order valence-electron chi connectivity index (χ3n) is 3.84. The van der Waals surface area contributed by atoms with Crippen LogP contribution in [0, 0.1) is 17.1 Å². The molecule has 0 aromatic heterocycles. The quantitative estimate of drug-likeness (QED) is 0.624. The van der Waals surface area contributed by atoms with Gasteiger partial charge >= 0.3 is 6.03 Å². The first-order chi connectivity index (χ1) is 13.1. The van der Waals surface area contributed by atoms with Crippen molar-refractivity contribution in [3.8, 4) is 6.07 Å². The molecule has 0 saturated carbocycles. The molecule has 3 amide bonds. The maximum absolute atomic E-state index is 13.6. The molecule has 0 spiro atoms. The zero-order chi connectivity index (χ0) is 19.5. The van der Waals surface area contributed by atoms with Crippen LogP contribution in [0.4, 0.5) is 9.18 Å². The van der Waals surface area contributed by atoms with Crippen LogP contribution >= 0.6 is 0 Å². The highest BCUT2D eigenvalue weighted by atomic mass is 19.1. The van der Waals surface area contributed by atoms with E-state index in [1.807, 2.05) is 36.4 Å². The lowest BCUT2D eigenvalue weighted by atomic mass is 10.1. The summed E-state index contributed by atoms with van der Waals surface area (Å²) in [5.74, 6) is -0.789. The van der Waals surface area contributed by atoms with Crippen LogP contribution in [0.25, 0.3) is 0 Å². The van der Waals surface area contributed by atoms with Crippen molar-refractivity contribution >= 4 is 11.9 Å². The van der Waals surface area contributed by atoms with Crippen molar-refractivity contribution in [2.75, 3.05) is 6.54 Å². The third-order valence-corrected chi connectivity index (χ3v) is 3.84. The average Bonchev–Trinajstić information content (AvgIpc) is 2.68. The van der Waals surface area contributed by atoms with Crippen LogP contribution < -0.4 is 16.0 Å². The predicted octanol–water partition coefficient (Wildman–Crippen LogP) is 2.27. The Labute approximate surface area is 157 Å². The minimum Gasteiger partial charge on any atom is -0.353 e. The SMILES string of the molecule is N#CCCNC(=O)C(Cc1ccccc1)NC(=O)NCc1ccccc1F. The van der Waals surface area contributed by atoms with Gasteiger partial charge in [0.05, 0.1) is 12.5 Å². The Morgan fingerprint density at radius 2 is 1.74 bits per heavy atom. The number of nitrogens with one attached hydrogen (secondary N) is 3. The molecule has 0 aliphatic rings. The summed E-state index contributed by atoms with van der Waals surface area (Å²) < 4.78 is 13.6. The second-order valence-corrected chi connectivity index (χ2v) is 5.86. The highest BCUT2D eigenvalue weighted by Crippen LogP contribution is 2.06. The molecule has 2 aromatic rings. The predicted molar refractivity (Wildman–Crippen MR) is 98.9 cm³/mol. The van der Waals surface area contributed by atoms with Crippen molar-refractivity contribution in [1.82, 2.24) is 16.0 Å². The molecule has 3 N–H and O–H groups in total. The van der Waals surface area contributed by atoms with Gasteiger partial charge in [-0.3, -0.25) is 4.79 Å². The molecular weight excluding hydrogens is 347 g/mol. The Morgan fingerprint density at radius 1 is 1.04 bits per heavy atom. The largest absolute Gasteiger partial charge is 0.353 e. The van der Waals surface area contributed by atoms with Crippen LogP contribution in [0.3, 0.4) is 0 Å². The number of hydrogen-bond acceptors (Lipinski definition) is 3. The number of halogens is 1. The number of nitrogens with zero attached hydrogens (tertiary/aromatic N) is 1. The van der Waals surface area contributed by atoms with Crippen molar-refractivity contribution < 1.29 is 14.0 Å². The molecule has 0 bridgehead atoms. The average molecular weight is 368 g/mol. The number of benzene rings is 2. The molecule has 0 aliphatic heterocycles. The monoisotopic (exact) mass is 368 g/mol. The highest BCUT2D eigenvalue weighted by Gasteiger charge is 2.21. The second-order valence-electron chi connectivity index (χ2n) is 5.86. The van der Waals surface area contributed by atoms with Crippen LogP contribution in [-0.4, -0.2) is 24.5 Å². The van der Waals surface area contributed by atoms with Gasteiger partial charge in [-0.25, -0.2) is 9.18 Å². The number of carbonyl (C=O) groups is 2. The Morgan fingerprint density at radius 3 is 2.44 bits per heavy atom. The molecule has 0 radical (unpaired) electrons. The number of nitriles is 1. The molecule has 0 fully saturated rings. The molecule has 1 unspecified atom stereocenters. The molecule has 1 atom stereocenters. The van der Waals surface area contributed by atoms with Crippen molar-refractivity contribution in [3.63, 3.8) is 0 Å². The zero-order valence-corrected chi connectivity index (χ0v) is 14.7. The molecule has 27 heavy (non-hydrogen) atoms. The van der Waals surface area contributed by atoms with Gasteiger partial charge in [0, 0.05) is 25.1 Å². The Balaban J connectivity index is 1.97. The first-order valence-corrected chi connectivity index (χ1v) is 8.56.